The Balaban J connectivity index is 1.72. The maximum atomic E-state index is 8.70. The molecule has 0 radical (unpaired) electrons. The molecule has 90 valence electrons. The lowest BCUT2D eigenvalue weighted by Gasteiger charge is -2.21. The molecule has 0 amide bonds. The zero-order valence-electron chi connectivity index (χ0n) is 9.69. The lowest BCUT2D eigenvalue weighted by molar-refractivity contribution is 0.686. The van der Waals surface area contributed by atoms with Crippen molar-refractivity contribution in [1.29, 1.82) is 5.26 Å². The Kier molecular flexibility index (Phi) is 5.24. The first-order valence-corrected chi connectivity index (χ1v) is 7.98. The van der Waals surface area contributed by atoms with Crippen LogP contribution in [-0.4, -0.2) is 29.1 Å². The molecule has 2 rings (SSSR count). The summed E-state index contributed by atoms with van der Waals surface area (Å²) in [4.78, 5) is 0. The molecule has 1 N–H and O–H groups in total. The number of rotatable bonds is 4. The van der Waals surface area contributed by atoms with Gasteiger partial charge in [-0.25, -0.2) is 0 Å². The Labute approximate surface area is 111 Å². The molecule has 0 saturated carbocycles. The Morgan fingerprint density at radius 3 is 2.76 bits per heavy atom. The van der Waals surface area contributed by atoms with E-state index >= 15 is 0 Å². The molecule has 17 heavy (non-hydrogen) atoms. The summed E-state index contributed by atoms with van der Waals surface area (Å²) in [6.07, 6.45) is 0. The van der Waals surface area contributed by atoms with E-state index in [1.807, 2.05) is 24.3 Å². The number of hydrogen-bond acceptors (Lipinski definition) is 4. The molecule has 1 fully saturated rings. The van der Waals surface area contributed by atoms with Gasteiger partial charge in [0.2, 0.25) is 0 Å². The quantitative estimate of drug-likeness (QED) is 0.906. The molecular weight excluding hydrogens is 248 g/mol. The Bertz CT molecular complexity index is 377. The Morgan fingerprint density at radius 2 is 2.12 bits per heavy atom. The highest BCUT2D eigenvalue weighted by atomic mass is 32.2. The summed E-state index contributed by atoms with van der Waals surface area (Å²) in [5.74, 6) is 3.86. The molecule has 1 aromatic carbocycles. The van der Waals surface area contributed by atoms with Crippen LogP contribution in [0.3, 0.4) is 0 Å². The van der Waals surface area contributed by atoms with Gasteiger partial charge in [0.25, 0.3) is 0 Å². The van der Waals surface area contributed by atoms with Crippen LogP contribution in [0.5, 0.6) is 0 Å². The number of nitriles is 1. The summed E-state index contributed by atoms with van der Waals surface area (Å²) in [5.41, 5.74) is 1.98. The Morgan fingerprint density at radius 1 is 1.29 bits per heavy atom. The van der Waals surface area contributed by atoms with Crippen LogP contribution >= 0.6 is 23.5 Å². The fourth-order valence-corrected chi connectivity index (χ4v) is 4.38. The second kappa shape index (κ2) is 6.95. The van der Waals surface area contributed by atoms with Gasteiger partial charge in [-0.2, -0.15) is 28.8 Å². The number of hydrogen-bond donors (Lipinski definition) is 1. The van der Waals surface area contributed by atoms with E-state index in [9.17, 15) is 0 Å². The monoisotopic (exact) mass is 264 g/mol. The molecule has 1 aromatic rings. The van der Waals surface area contributed by atoms with Crippen molar-refractivity contribution < 1.29 is 0 Å². The van der Waals surface area contributed by atoms with Gasteiger partial charge in [0.05, 0.1) is 11.6 Å². The molecule has 0 aromatic heterocycles. The predicted octanol–water partition coefficient (Wildman–Crippen LogP) is 2.50. The van der Waals surface area contributed by atoms with Gasteiger partial charge in [-0.1, -0.05) is 12.1 Å². The maximum absolute atomic E-state index is 8.70. The fourth-order valence-electron chi connectivity index (χ4n) is 1.73. The summed E-state index contributed by atoms with van der Waals surface area (Å²) in [6.45, 7) is 1.98. The van der Waals surface area contributed by atoms with Crippen molar-refractivity contribution in [3.05, 3.63) is 35.4 Å². The third-order valence-electron chi connectivity index (χ3n) is 2.67. The van der Waals surface area contributed by atoms with E-state index in [-0.39, 0.29) is 0 Å². The molecule has 0 aliphatic carbocycles. The number of nitrogens with zero attached hydrogens (tertiary/aromatic N) is 1. The third-order valence-corrected chi connectivity index (χ3v) is 5.51. The minimum absolute atomic E-state index is 0.730. The summed E-state index contributed by atoms with van der Waals surface area (Å²) in [5, 5.41) is 13.0. The summed E-state index contributed by atoms with van der Waals surface area (Å²) in [7, 11) is 0. The zero-order chi connectivity index (χ0) is 11.9. The normalized spacial score (nSPS) is 19.8. The van der Waals surface area contributed by atoms with Crippen molar-refractivity contribution in [3.63, 3.8) is 0 Å². The van der Waals surface area contributed by atoms with Gasteiger partial charge in [-0.05, 0) is 17.7 Å². The lowest BCUT2D eigenvalue weighted by Crippen LogP contribution is -2.28. The van der Waals surface area contributed by atoms with Crippen LogP contribution in [0.25, 0.3) is 0 Å². The molecule has 0 spiro atoms. The topological polar surface area (TPSA) is 35.8 Å². The van der Waals surface area contributed by atoms with Crippen molar-refractivity contribution in [1.82, 2.24) is 5.32 Å². The average molecular weight is 264 g/mol. The molecule has 1 heterocycles. The van der Waals surface area contributed by atoms with E-state index in [0.717, 1.165) is 23.9 Å². The van der Waals surface area contributed by atoms with E-state index in [4.69, 9.17) is 5.26 Å². The highest BCUT2D eigenvalue weighted by molar-refractivity contribution is 8.06. The van der Waals surface area contributed by atoms with Crippen molar-refractivity contribution >= 4 is 23.5 Å². The van der Waals surface area contributed by atoms with Gasteiger partial charge in [-0.3, -0.25) is 0 Å². The van der Waals surface area contributed by atoms with Gasteiger partial charge in [0.15, 0.2) is 0 Å². The fraction of sp³-hybridized carbons (Fsp3) is 0.462. The first-order valence-electron chi connectivity index (χ1n) is 5.77. The van der Waals surface area contributed by atoms with Crippen LogP contribution in [0.15, 0.2) is 24.3 Å². The molecule has 4 heteroatoms. The van der Waals surface area contributed by atoms with Gasteiger partial charge in [-0.15, -0.1) is 0 Å². The lowest BCUT2D eigenvalue weighted by atomic mass is 10.1. The minimum atomic E-state index is 0.730. The van der Waals surface area contributed by atoms with Crippen LogP contribution in [0, 0.1) is 11.3 Å². The van der Waals surface area contributed by atoms with Crippen LogP contribution < -0.4 is 5.32 Å². The second-order valence-electron chi connectivity index (χ2n) is 4.01. The van der Waals surface area contributed by atoms with E-state index in [1.54, 1.807) is 0 Å². The molecule has 2 nitrogen and oxygen atoms in total. The van der Waals surface area contributed by atoms with E-state index < -0.39 is 0 Å². The van der Waals surface area contributed by atoms with E-state index in [2.05, 4.69) is 34.9 Å². The van der Waals surface area contributed by atoms with Crippen molar-refractivity contribution in [2.75, 3.05) is 23.8 Å². The van der Waals surface area contributed by atoms with Gasteiger partial charge < -0.3 is 5.32 Å². The molecule has 0 bridgehead atoms. The molecule has 1 aliphatic rings. The van der Waals surface area contributed by atoms with E-state index in [0.29, 0.717) is 0 Å². The standard InChI is InChI=1S/C13H16N2S2/c14-7-11-1-3-12(4-2-11)8-15-9-13-10-16-5-6-17-13/h1-4,13,15H,5-6,8-10H2. The Hall–Kier alpha value is -0.630. The predicted molar refractivity (Wildman–Crippen MR) is 76.4 cm³/mol. The van der Waals surface area contributed by atoms with Crippen molar-refractivity contribution in [2.45, 2.75) is 11.8 Å². The highest BCUT2D eigenvalue weighted by Gasteiger charge is 2.13. The molecule has 1 unspecified atom stereocenters. The molecule has 1 atom stereocenters. The maximum Gasteiger partial charge on any atom is 0.0991 e. The van der Waals surface area contributed by atoms with Crippen LogP contribution in [0.4, 0.5) is 0 Å². The molecule has 1 saturated heterocycles. The zero-order valence-corrected chi connectivity index (χ0v) is 11.3. The van der Waals surface area contributed by atoms with Crippen LogP contribution in [0.1, 0.15) is 11.1 Å². The SMILES string of the molecule is N#Cc1ccc(CNCC2CSCCS2)cc1. The number of nitrogens with one attached hydrogen (secondary N) is 1. The number of thioether (sulfide) groups is 2. The largest absolute Gasteiger partial charge is 0.312 e. The van der Waals surface area contributed by atoms with Crippen molar-refractivity contribution in [2.24, 2.45) is 0 Å². The minimum Gasteiger partial charge on any atom is -0.312 e. The molecular formula is C13H16N2S2. The number of benzene rings is 1. The van der Waals surface area contributed by atoms with Crippen LogP contribution in [0.2, 0.25) is 0 Å². The third kappa shape index (κ3) is 4.27. The second-order valence-corrected chi connectivity index (χ2v) is 6.57. The summed E-state index contributed by atoms with van der Waals surface area (Å²) >= 11 is 4.14. The van der Waals surface area contributed by atoms with Crippen molar-refractivity contribution in [3.8, 4) is 6.07 Å². The first kappa shape index (κ1) is 12.8. The van der Waals surface area contributed by atoms with E-state index in [1.165, 1.54) is 22.8 Å². The van der Waals surface area contributed by atoms with Crippen LogP contribution in [-0.2, 0) is 6.54 Å². The van der Waals surface area contributed by atoms with Gasteiger partial charge in [0, 0.05) is 35.6 Å². The first-order chi connectivity index (χ1) is 8.38. The highest BCUT2D eigenvalue weighted by Crippen LogP contribution is 2.23. The average Bonchev–Trinajstić information content (AvgIpc) is 2.41. The summed E-state index contributed by atoms with van der Waals surface area (Å²) in [6, 6.07) is 9.93. The smallest absolute Gasteiger partial charge is 0.0991 e. The molecule has 1 aliphatic heterocycles. The van der Waals surface area contributed by atoms with Gasteiger partial charge >= 0.3 is 0 Å². The van der Waals surface area contributed by atoms with Gasteiger partial charge in [0.1, 0.15) is 0 Å². The summed E-state index contributed by atoms with van der Waals surface area (Å²) < 4.78 is 0.